The normalized spacial score (nSPS) is 11.0. The number of hydrogen-bond donors (Lipinski definition) is 0. The maximum absolute atomic E-state index is 4.76. The molecule has 0 fully saturated rings. The van der Waals surface area contributed by atoms with Crippen molar-refractivity contribution in [3.05, 3.63) is 22.9 Å². The number of aromatic nitrogens is 1. The van der Waals surface area contributed by atoms with E-state index in [2.05, 4.69) is 27.0 Å². The first-order valence-corrected chi connectivity index (χ1v) is 12.4. The molecule has 0 amide bonds. The van der Waals surface area contributed by atoms with Gasteiger partial charge in [0.05, 0.1) is 0 Å². The van der Waals surface area contributed by atoms with Crippen molar-refractivity contribution in [3.8, 4) is 0 Å². The number of nitrogens with zero attached hydrogens (tertiary/aromatic N) is 1. The van der Waals surface area contributed by atoms with Gasteiger partial charge in [0.1, 0.15) is 0 Å². The van der Waals surface area contributed by atoms with E-state index in [0.29, 0.717) is 0 Å². The van der Waals surface area contributed by atoms with Crippen molar-refractivity contribution in [1.29, 1.82) is 0 Å². The van der Waals surface area contributed by atoms with Crippen molar-refractivity contribution in [1.82, 2.24) is 4.98 Å². The van der Waals surface area contributed by atoms with E-state index in [-0.39, 0.29) is 0 Å². The van der Waals surface area contributed by atoms with Gasteiger partial charge in [-0.3, -0.25) is 0 Å². The number of aryl methyl sites for hydroxylation is 1. The predicted octanol–water partition coefficient (Wildman–Crippen LogP) is 5.29. The molecular formula is C17H28NSSn. The Morgan fingerprint density at radius 3 is 2.00 bits per heavy atom. The number of unbranched alkanes of at least 4 members (excludes halogenated alkanes) is 3. The molecule has 0 aromatic carbocycles. The molecule has 1 nitrogen and oxygen atoms in total. The molecule has 0 saturated heterocycles. The molecular weight excluding hydrogens is 369 g/mol. The standard InChI is InChI=1S/C17H29NS.Sn/c1-4-7-10-14-13-18-17(19)16(12-9-6-3)15(14)11-8-5-2;/h13H,4-12H2,1-3H3,(H,18,19);/q;+1/p-1. The van der Waals surface area contributed by atoms with E-state index in [1.807, 2.05) is 8.95 Å². The minimum absolute atomic E-state index is 1.21. The van der Waals surface area contributed by atoms with Crippen molar-refractivity contribution in [2.75, 3.05) is 0 Å². The average Bonchev–Trinajstić information content (AvgIpc) is 2.48. The van der Waals surface area contributed by atoms with Crippen molar-refractivity contribution in [2.45, 2.75) is 83.6 Å². The minimum atomic E-state index is 1.21. The third-order valence-electron chi connectivity index (χ3n) is 3.80. The molecule has 0 aliphatic rings. The molecule has 1 rings (SSSR count). The zero-order valence-electron chi connectivity index (χ0n) is 13.3. The maximum atomic E-state index is 4.76. The van der Waals surface area contributed by atoms with Crippen molar-refractivity contribution in [2.24, 2.45) is 0 Å². The Bertz CT molecular complexity index is 393. The summed E-state index contributed by atoms with van der Waals surface area (Å²) in [6.45, 7) is 6.85. The van der Waals surface area contributed by atoms with Crippen LogP contribution in [0.25, 0.3) is 0 Å². The van der Waals surface area contributed by atoms with Gasteiger partial charge in [0.25, 0.3) is 0 Å². The Kier molecular flexibility index (Phi) is 10.0. The Morgan fingerprint density at radius 2 is 1.45 bits per heavy atom. The van der Waals surface area contributed by atoms with Crippen LogP contribution in [0.2, 0.25) is 0 Å². The Hall–Kier alpha value is 0.299. The monoisotopic (exact) mass is 398 g/mol. The zero-order chi connectivity index (χ0) is 14.8. The van der Waals surface area contributed by atoms with Crippen LogP contribution in [0, 0.1) is 0 Å². The van der Waals surface area contributed by atoms with Crippen LogP contribution in [-0.4, -0.2) is 26.1 Å². The molecule has 20 heavy (non-hydrogen) atoms. The molecule has 111 valence electrons. The fraction of sp³-hybridized carbons (Fsp3) is 0.706. The molecule has 3 heteroatoms. The van der Waals surface area contributed by atoms with Crippen LogP contribution in [0.15, 0.2) is 11.2 Å². The van der Waals surface area contributed by atoms with Gasteiger partial charge in [0, 0.05) is 0 Å². The summed E-state index contributed by atoms with van der Waals surface area (Å²) in [5.74, 6) is 0. The van der Waals surface area contributed by atoms with E-state index in [4.69, 9.17) is 4.98 Å². The topological polar surface area (TPSA) is 12.9 Å². The van der Waals surface area contributed by atoms with Crippen molar-refractivity contribution < 1.29 is 0 Å². The summed E-state index contributed by atoms with van der Waals surface area (Å²) in [7, 11) is 1.90. The fourth-order valence-corrected chi connectivity index (χ4v) is 4.52. The van der Waals surface area contributed by atoms with Crippen molar-refractivity contribution in [3.63, 3.8) is 0 Å². The van der Waals surface area contributed by atoms with Crippen LogP contribution in [0.3, 0.4) is 0 Å². The quantitative estimate of drug-likeness (QED) is 0.498. The Morgan fingerprint density at radius 1 is 0.900 bits per heavy atom. The fourth-order valence-electron chi connectivity index (χ4n) is 2.56. The molecule has 0 unspecified atom stereocenters. The summed E-state index contributed by atoms with van der Waals surface area (Å²) in [5, 5.41) is 1.31. The third-order valence-corrected chi connectivity index (χ3v) is 6.01. The molecule has 0 aliphatic heterocycles. The van der Waals surface area contributed by atoms with Gasteiger partial charge < -0.3 is 0 Å². The number of rotatable bonds is 10. The van der Waals surface area contributed by atoms with Crippen LogP contribution in [0.5, 0.6) is 0 Å². The van der Waals surface area contributed by atoms with E-state index < -0.39 is 0 Å². The zero-order valence-corrected chi connectivity index (χ0v) is 17.0. The van der Waals surface area contributed by atoms with Gasteiger partial charge in [0.15, 0.2) is 0 Å². The van der Waals surface area contributed by atoms with Gasteiger partial charge in [-0.15, -0.1) is 0 Å². The second-order valence-electron chi connectivity index (χ2n) is 5.46. The summed E-state index contributed by atoms with van der Waals surface area (Å²) in [6.07, 6.45) is 13.6. The van der Waals surface area contributed by atoms with E-state index >= 15 is 0 Å². The summed E-state index contributed by atoms with van der Waals surface area (Å²) in [4.78, 5) is 4.76. The van der Waals surface area contributed by atoms with E-state index in [1.54, 1.807) is 11.1 Å². The van der Waals surface area contributed by atoms with Gasteiger partial charge in [-0.2, -0.15) is 0 Å². The molecule has 0 atom stereocenters. The first kappa shape index (κ1) is 18.3. The van der Waals surface area contributed by atoms with Gasteiger partial charge in [-0.25, -0.2) is 0 Å². The number of hydrogen-bond acceptors (Lipinski definition) is 2. The molecule has 0 aliphatic carbocycles. The summed E-state index contributed by atoms with van der Waals surface area (Å²) in [6, 6.07) is 0. The van der Waals surface area contributed by atoms with Crippen LogP contribution in [0.4, 0.5) is 0 Å². The third kappa shape index (κ3) is 5.59. The van der Waals surface area contributed by atoms with Crippen molar-refractivity contribution >= 4 is 30.1 Å². The van der Waals surface area contributed by atoms with Gasteiger partial charge >= 0.3 is 142 Å². The Balaban J connectivity index is 3.09. The Labute approximate surface area is 141 Å². The van der Waals surface area contributed by atoms with Gasteiger partial charge in [0.2, 0.25) is 0 Å². The first-order chi connectivity index (χ1) is 9.78. The molecule has 3 radical (unpaired) electrons. The van der Waals surface area contributed by atoms with Crippen LogP contribution < -0.4 is 0 Å². The first-order valence-electron chi connectivity index (χ1n) is 8.11. The second kappa shape index (κ2) is 10.9. The molecule has 1 heterocycles. The van der Waals surface area contributed by atoms with Gasteiger partial charge in [-0.05, 0) is 0 Å². The molecule has 0 N–H and O–H groups in total. The van der Waals surface area contributed by atoms with E-state index in [9.17, 15) is 0 Å². The van der Waals surface area contributed by atoms with Gasteiger partial charge in [-0.1, -0.05) is 0 Å². The molecule has 0 saturated carbocycles. The molecule has 1 aromatic heterocycles. The SMILES string of the molecule is CCCCc1cnc([S][Sn])c(CCCC)c1CCCC. The average molecular weight is 397 g/mol. The summed E-state index contributed by atoms with van der Waals surface area (Å²) in [5.41, 5.74) is 4.75. The molecule has 1 aromatic rings. The van der Waals surface area contributed by atoms with E-state index in [0.717, 1.165) is 0 Å². The summed E-state index contributed by atoms with van der Waals surface area (Å²) < 4.78 is 0. The van der Waals surface area contributed by atoms with Crippen LogP contribution in [0.1, 0.15) is 76.0 Å². The molecule has 0 spiro atoms. The van der Waals surface area contributed by atoms with Crippen LogP contribution in [-0.2, 0) is 19.3 Å². The second-order valence-corrected chi connectivity index (χ2v) is 7.80. The number of pyridine rings is 1. The molecule has 0 bridgehead atoms. The predicted molar refractivity (Wildman–Crippen MR) is 91.7 cm³/mol. The van der Waals surface area contributed by atoms with Crippen LogP contribution >= 0.6 is 8.95 Å². The van der Waals surface area contributed by atoms with E-state index in [1.165, 1.54) is 89.5 Å². The summed E-state index contributed by atoms with van der Waals surface area (Å²) >= 11 is 1.50.